The van der Waals surface area contributed by atoms with Crippen molar-refractivity contribution in [2.45, 2.75) is 51.2 Å². The number of nitrogens with zero attached hydrogens (tertiary/aromatic N) is 1. The van der Waals surface area contributed by atoms with Gasteiger partial charge in [-0.2, -0.15) is 0 Å². The third-order valence-corrected chi connectivity index (χ3v) is 4.94. The van der Waals surface area contributed by atoms with E-state index in [1.807, 2.05) is 16.2 Å². The molecule has 3 nitrogen and oxygen atoms in total. The number of amides is 1. The van der Waals surface area contributed by atoms with Crippen molar-refractivity contribution < 1.29 is 4.79 Å². The van der Waals surface area contributed by atoms with Crippen LogP contribution in [0.5, 0.6) is 0 Å². The first-order valence-corrected chi connectivity index (χ1v) is 7.70. The highest BCUT2D eigenvalue weighted by atomic mass is 32.1. The zero-order chi connectivity index (χ0) is 12.5. The van der Waals surface area contributed by atoms with Gasteiger partial charge < -0.3 is 10.2 Å². The molecule has 4 heteroatoms. The van der Waals surface area contributed by atoms with Crippen molar-refractivity contribution in [3.8, 4) is 0 Å². The fourth-order valence-electron chi connectivity index (χ4n) is 2.47. The summed E-state index contributed by atoms with van der Waals surface area (Å²) in [5.74, 6) is 0.299. The predicted octanol–water partition coefficient (Wildman–Crippen LogP) is 2.16. The summed E-state index contributed by atoms with van der Waals surface area (Å²) >= 11 is 1.83. The van der Waals surface area contributed by atoms with Crippen LogP contribution in [0.2, 0.25) is 0 Å². The quantitative estimate of drug-likeness (QED) is 0.884. The van der Waals surface area contributed by atoms with Gasteiger partial charge in [-0.15, -0.1) is 11.3 Å². The number of hydrogen-bond acceptors (Lipinski definition) is 3. The van der Waals surface area contributed by atoms with Crippen LogP contribution >= 0.6 is 11.3 Å². The Bertz CT molecular complexity index is 439. The maximum atomic E-state index is 12.2. The molecule has 0 spiro atoms. The normalized spacial score (nSPS) is 23.9. The van der Waals surface area contributed by atoms with E-state index in [9.17, 15) is 4.79 Å². The topological polar surface area (TPSA) is 32.3 Å². The Morgan fingerprint density at radius 2 is 2.11 bits per heavy atom. The average molecular weight is 264 g/mol. The molecule has 1 aliphatic heterocycles. The standard InChI is InChI=1S/C14H20N2OS/c1-2-11-5-6-12(18-11)9-16-8-7-13(14(16)17)15-10-3-4-10/h5-6,10,13,15H,2-4,7-9H2,1H3. The minimum absolute atomic E-state index is 0.0862. The average Bonchev–Trinajstić information content (AvgIpc) is 2.98. The zero-order valence-electron chi connectivity index (χ0n) is 10.8. The Balaban J connectivity index is 1.58. The lowest BCUT2D eigenvalue weighted by molar-refractivity contribution is -0.129. The molecule has 2 aliphatic rings. The van der Waals surface area contributed by atoms with Crippen molar-refractivity contribution in [1.29, 1.82) is 0 Å². The Labute approximate surface area is 112 Å². The number of nitrogens with one attached hydrogen (secondary N) is 1. The van der Waals surface area contributed by atoms with Crippen LogP contribution in [0.15, 0.2) is 12.1 Å². The smallest absolute Gasteiger partial charge is 0.240 e. The SMILES string of the molecule is CCc1ccc(CN2CCC(NC3CC3)C2=O)s1. The fraction of sp³-hybridized carbons (Fsp3) is 0.643. The summed E-state index contributed by atoms with van der Waals surface area (Å²) in [6.07, 6.45) is 4.55. The monoisotopic (exact) mass is 264 g/mol. The van der Waals surface area contributed by atoms with Gasteiger partial charge in [-0.1, -0.05) is 6.92 Å². The molecule has 1 atom stereocenters. The van der Waals surface area contributed by atoms with Gasteiger partial charge in [-0.25, -0.2) is 0 Å². The summed E-state index contributed by atoms with van der Waals surface area (Å²) in [5.41, 5.74) is 0. The van der Waals surface area contributed by atoms with E-state index in [1.165, 1.54) is 22.6 Å². The van der Waals surface area contributed by atoms with Gasteiger partial charge in [-0.05, 0) is 37.8 Å². The lowest BCUT2D eigenvalue weighted by atomic mass is 10.2. The van der Waals surface area contributed by atoms with E-state index in [1.54, 1.807) is 0 Å². The molecule has 2 heterocycles. The molecule has 1 saturated carbocycles. The van der Waals surface area contributed by atoms with E-state index < -0.39 is 0 Å². The van der Waals surface area contributed by atoms with Gasteiger partial charge in [0.1, 0.15) is 0 Å². The molecule has 98 valence electrons. The largest absolute Gasteiger partial charge is 0.336 e. The molecule has 1 aromatic rings. The first-order valence-electron chi connectivity index (χ1n) is 6.88. The molecule has 18 heavy (non-hydrogen) atoms. The van der Waals surface area contributed by atoms with Crippen LogP contribution in [0.25, 0.3) is 0 Å². The molecule has 3 rings (SSSR count). The molecular weight excluding hydrogens is 244 g/mol. The molecule has 1 saturated heterocycles. The number of carbonyl (C=O) groups is 1. The second-order valence-corrected chi connectivity index (χ2v) is 6.52. The number of aryl methyl sites for hydroxylation is 1. The lowest BCUT2D eigenvalue weighted by Gasteiger charge is -2.16. The maximum Gasteiger partial charge on any atom is 0.240 e. The Hall–Kier alpha value is -0.870. The van der Waals surface area contributed by atoms with Crippen molar-refractivity contribution in [1.82, 2.24) is 10.2 Å². The van der Waals surface area contributed by atoms with E-state index in [4.69, 9.17) is 0 Å². The second kappa shape index (κ2) is 5.02. The Kier molecular flexibility index (Phi) is 3.39. The molecular formula is C14H20N2OS. The van der Waals surface area contributed by atoms with Gasteiger partial charge in [0.15, 0.2) is 0 Å². The first kappa shape index (κ1) is 12.2. The number of carbonyl (C=O) groups excluding carboxylic acids is 1. The van der Waals surface area contributed by atoms with Crippen molar-refractivity contribution in [3.63, 3.8) is 0 Å². The van der Waals surface area contributed by atoms with Gasteiger partial charge in [0.25, 0.3) is 0 Å². The van der Waals surface area contributed by atoms with Crippen LogP contribution in [0.4, 0.5) is 0 Å². The van der Waals surface area contributed by atoms with Crippen molar-refractivity contribution in [2.24, 2.45) is 0 Å². The van der Waals surface area contributed by atoms with E-state index >= 15 is 0 Å². The van der Waals surface area contributed by atoms with Gasteiger partial charge in [0, 0.05) is 22.3 Å². The number of hydrogen-bond donors (Lipinski definition) is 1. The van der Waals surface area contributed by atoms with Crippen molar-refractivity contribution in [2.75, 3.05) is 6.54 Å². The summed E-state index contributed by atoms with van der Waals surface area (Å²) in [5, 5.41) is 3.45. The number of thiophene rings is 1. The van der Waals surface area contributed by atoms with Gasteiger partial charge in [0.2, 0.25) is 5.91 Å². The van der Waals surface area contributed by atoms with Crippen LogP contribution < -0.4 is 5.32 Å². The highest BCUT2D eigenvalue weighted by Crippen LogP contribution is 2.25. The molecule has 0 bridgehead atoms. The highest BCUT2D eigenvalue weighted by Gasteiger charge is 2.35. The predicted molar refractivity (Wildman–Crippen MR) is 73.7 cm³/mol. The van der Waals surface area contributed by atoms with E-state index in [2.05, 4.69) is 24.4 Å². The van der Waals surface area contributed by atoms with Crippen LogP contribution in [-0.2, 0) is 17.8 Å². The zero-order valence-corrected chi connectivity index (χ0v) is 11.6. The van der Waals surface area contributed by atoms with Gasteiger partial charge in [0.05, 0.1) is 12.6 Å². The van der Waals surface area contributed by atoms with Crippen LogP contribution in [0.1, 0.15) is 35.9 Å². The summed E-state index contributed by atoms with van der Waals surface area (Å²) in [6.45, 7) is 3.88. The molecule has 1 aromatic heterocycles. The van der Waals surface area contributed by atoms with Crippen LogP contribution in [-0.4, -0.2) is 29.4 Å². The minimum atomic E-state index is 0.0862. The van der Waals surface area contributed by atoms with E-state index in [-0.39, 0.29) is 6.04 Å². The van der Waals surface area contributed by atoms with Gasteiger partial charge in [-0.3, -0.25) is 4.79 Å². The summed E-state index contributed by atoms with van der Waals surface area (Å²) < 4.78 is 0. The van der Waals surface area contributed by atoms with Crippen molar-refractivity contribution >= 4 is 17.2 Å². The summed E-state index contributed by atoms with van der Waals surface area (Å²) in [4.78, 5) is 16.9. The Morgan fingerprint density at radius 1 is 1.33 bits per heavy atom. The Morgan fingerprint density at radius 3 is 2.78 bits per heavy atom. The van der Waals surface area contributed by atoms with Gasteiger partial charge >= 0.3 is 0 Å². The minimum Gasteiger partial charge on any atom is -0.336 e. The lowest BCUT2D eigenvalue weighted by Crippen LogP contribution is -2.39. The summed E-state index contributed by atoms with van der Waals surface area (Å²) in [7, 11) is 0. The van der Waals surface area contributed by atoms with Crippen LogP contribution in [0, 0.1) is 0 Å². The third-order valence-electron chi connectivity index (χ3n) is 3.72. The molecule has 1 N–H and O–H groups in total. The molecule has 0 aromatic carbocycles. The molecule has 0 radical (unpaired) electrons. The fourth-order valence-corrected chi connectivity index (χ4v) is 3.44. The van der Waals surface area contributed by atoms with Crippen molar-refractivity contribution in [3.05, 3.63) is 21.9 Å². The number of rotatable bonds is 5. The number of likely N-dealkylation sites (tertiary alicyclic amines) is 1. The molecule has 1 aliphatic carbocycles. The molecule has 1 amide bonds. The second-order valence-electron chi connectivity index (χ2n) is 5.26. The third kappa shape index (κ3) is 2.59. The highest BCUT2D eigenvalue weighted by molar-refractivity contribution is 7.11. The van der Waals surface area contributed by atoms with E-state index in [0.29, 0.717) is 11.9 Å². The summed E-state index contributed by atoms with van der Waals surface area (Å²) in [6, 6.07) is 5.05. The molecule has 1 unspecified atom stereocenters. The first-order chi connectivity index (χ1) is 8.76. The maximum absolute atomic E-state index is 12.2. The molecule has 2 fully saturated rings. The van der Waals surface area contributed by atoms with Crippen LogP contribution in [0.3, 0.4) is 0 Å². The van der Waals surface area contributed by atoms with E-state index in [0.717, 1.165) is 25.9 Å².